The third-order valence-electron chi connectivity index (χ3n) is 4.33. The number of hydrogen-bond donors (Lipinski definition) is 0. The molecule has 0 N–H and O–H groups in total. The molecule has 2 heteroatoms. The van der Waals surface area contributed by atoms with Gasteiger partial charge in [-0.1, -0.05) is 88.4 Å². The van der Waals surface area contributed by atoms with Crippen molar-refractivity contribution in [1.82, 2.24) is 0 Å². The van der Waals surface area contributed by atoms with Gasteiger partial charge in [0, 0.05) is 5.56 Å². The molecule has 1 aromatic carbocycles. The molecule has 0 radical (unpaired) electrons. The predicted molar refractivity (Wildman–Crippen MR) is 108 cm³/mol. The van der Waals surface area contributed by atoms with E-state index in [-0.39, 0.29) is 0 Å². The van der Waals surface area contributed by atoms with Gasteiger partial charge in [-0.25, -0.2) is 0 Å². The van der Waals surface area contributed by atoms with E-state index in [0.717, 1.165) is 30.3 Å². The molecule has 0 saturated carbocycles. The van der Waals surface area contributed by atoms with Gasteiger partial charge in [0.1, 0.15) is 5.76 Å². The summed E-state index contributed by atoms with van der Waals surface area (Å²) in [7, 11) is 1.61. The standard InChI is InChI=1S/C23H32O2/c1-4-5-6-7-8-9-10-15-21(17-13-14-20(2)25-3)23-18-12-11-16-22(23)19-24/h11-14,16-19H,2,4-10,15H2,1,3H3. The zero-order valence-corrected chi connectivity index (χ0v) is 15.8. The molecule has 0 aliphatic heterocycles. The van der Waals surface area contributed by atoms with Gasteiger partial charge in [0.25, 0.3) is 0 Å². The smallest absolute Gasteiger partial charge is 0.150 e. The Kier molecular flexibility index (Phi) is 11.1. The monoisotopic (exact) mass is 340 g/mol. The van der Waals surface area contributed by atoms with Gasteiger partial charge in [-0.05, 0) is 30.1 Å². The zero-order valence-electron chi connectivity index (χ0n) is 15.8. The highest BCUT2D eigenvalue weighted by Crippen LogP contribution is 2.24. The van der Waals surface area contributed by atoms with Crippen LogP contribution in [0.4, 0.5) is 0 Å². The molecular formula is C23H32O2. The first-order valence-electron chi connectivity index (χ1n) is 9.37. The van der Waals surface area contributed by atoms with Gasteiger partial charge in [-0.15, -0.1) is 0 Å². The summed E-state index contributed by atoms with van der Waals surface area (Å²) >= 11 is 0. The Bertz CT molecular complexity index is 582. The van der Waals surface area contributed by atoms with Crippen LogP contribution in [0.3, 0.4) is 0 Å². The van der Waals surface area contributed by atoms with E-state index >= 15 is 0 Å². The molecule has 0 aromatic heterocycles. The summed E-state index contributed by atoms with van der Waals surface area (Å²) in [6, 6.07) is 7.79. The van der Waals surface area contributed by atoms with Gasteiger partial charge in [-0.2, -0.15) is 0 Å². The van der Waals surface area contributed by atoms with Crippen molar-refractivity contribution in [3.63, 3.8) is 0 Å². The molecule has 0 bridgehead atoms. The van der Waals surface area contributed by atoms with Gasteiger partial charge in [-0.3, -0.25) is 4.79 Å². The number of methoxy groups -OCH3 is 1. The molecular weight excluding hydrogens is 308 g/mol. The molecule has 0 saturated heterocycles. The maximum Gasteiger partial charge on any atom is 0.150 e. The minimum Gasteiger partial charge on any atom is -0.497 e. The summed E-state index contributed by atoms with van der Waals surface area (Å²) in [6.07, 6.45) is 16.7. The summed E-state index contributed by atoms with van der Waals surface area (Å²) < 4.78 is 5.06. The van der Waals surface area contributed by atoms with Crippen LogP contribution in [0, 0.1) is 0 Å². The van der Waals surface area contributed by atoms with Crippen LogP contribution in [0.2, 0.25) is 0 Å². The maximum atomic E-state index is 11.4. The highest BCUT2D eigenvalue weighted by atomic mass is 16.5. The Labute approximate surface area is 153 Å². The molecule has 0 fully saturated rings. The Morgan fingerprint density at radius 1 is 1.08 bits per heavy atom. The Morgan fingerprint density at radius 3 is 2.44 bits per heavy atom. The van der Waals surface area contributed by atoms with Gasteiger partial charge < -0.3 is 4.74 Å². The number of carbonyl (C=O) groups is 1. The molecule has 25 heavy (non-hydrogen) atoms. The Morgan fingerprint density at radius 2 is 1.76 bits per heavy atom. The second-order valence-corrected chi connectivity index (χ2v) is 6.30. The van der Waals surface area contributed by atoms with Crippen LogP contribution in [-0.4, -0.2) is 13.4 Å². The second kappa shape index (κ2) is 13.2. The molecule has 1 aromatic rings. The highest BCUT2D eigenvalue weighted by Gasteiger charge is 2.06. The van der Waals surface area contributed by atoms with E-state index in [9.17, 15) is 4.79 Å². The minimum absolute atomic E-state index is 0.621. The first kappa shape index (κ1) is 21.0. The van der Waals surface area contributed by atoms with Crippen LogP contribution in [0.5, 0.6) is 0 Å². The number of allylic oxidation sites excluding steroid dienone is 4. The molecule has 0 aliphatic rings. The number of carbonyl (C=O) groups excluding carboxylic acids is 1. The van der Waals surface area contributed by atoms with Gasteiger partial charge in [0.05, 0.1) is 7.11 Å². The molecule has 0 atom stereocenters. The van der Waals surface area contributed by atoms with Gasteiger partial charge in [0.2, 0.25) is 0 Å². The lowest BCUT2D eigenvalue weighted by Gasteiger charge is -2.10. The zero-order chi connectivity index (χ0) is 18.3. The highest BCUT2D eigenvalue weighted by molar-refractivity contribution is 5.85. The minimum atomic E-state index is 0.621. The molecule has 1 rings (SSSR count). The molecule has 0 unspecified atom stereocenters. The average molecular weight is 341 g/mol. The topological polar surface area (TPSA) is 26.3 Å². The predicted octanol–water partition coefficient (Wildman–Crippen LogP) is 6.74. The van der Waals surface area contributed by atoms with Crippen molar-refractivity contribution < 1.29 is 9.53 Å². The van der Waals surface area contributed by atoms with Crippen molar-refractivity contribution in [2.75, 3.05) is 7.11 Å². The van der Waals surface area contributed by atoms with E-state index in [1.54, 1.807) is 7.11 Å². The van der Waals surface area contributed by atoms with Gasteiger partial charge in [0.15, 0.2) is 6.29 Å². The van der Waals surface area contributed by atoms with E-state index in [1.807, 2.05) is 36.4 Å². The van der Waals surface area contributed by atoms with Crippen molar-refractivity contribution in [3.05, 3.63) is 66.0 Å². The fourth-order valence-corrected chi connectivity index (χ4v) is 2.81. The van der Waals surface area contributed by atoms with Crippen molar-refractivity contribution in [2.45, 2.75) is 58.3 Å². The van der Waals surface area contributed by atoms with Crippen LogP contribution < -0.4 is 0 Å². The normalized spacial score (nSPS) is 11.7. The largest absolute Gasteiger partial charge is 0.497 e. The average Bonchev–Trinajstić information content (AvgIpc) is 2.65. The van der Waals surface area contributed by atoms with Crippen LogP contribution in [0.15, 0.2) is 54.8 Å². The molecule has 0 spiro atoms. The molecule has 0 aliphatic carbocycles. The number of hydrogen-bond acceptors (Lipinski definition) is 2. The first-order chi connectivity index (χ1) is 12.2. The Hall–Kier alpha value is -2.09. The lowest BCUT2D eigenvalue weighted by atomic mass is 9.95. The van der Waals surface area contributed by atoms with E-state index < -0.39 is 0 Å². The molecule has 136 valence electrons. The number of benzene rings is 1. The number of ether oxygens (including phenoxy) is 1. The summed E-state index contributed by atoms with van der Waals surface area (Å²) in [5, 5.41) is 0. The number of aldehydes is 1. The number of unbranched alkanes of at least 4 members (excludes halogenated alkanes) is 6. The van der Waals surface area contributed by atoms with Crippen molar-refractivity contribution in [2.24, 2.45) is 0 Å². The van der Waals surface area contributed by atoms with E-state index in [4.69, 9.17) is 4.74 Å². The SMILES string of the molecule is C=C(C=CC=C(CCCCCCCCC)c1ccccc1C=O)OC. The van der Waals surface area contributed by atoms with E-state index in [0.29, 0.717) is 5.76 Å². The third kappa shape index (κ3) is 8.53. The van der Waals surface area contributed by atoms with Crippen LogP contribution in [-0.2, 0) is 4.74 Å². The van der Waals surface area contributed by atoms with Crippen LogP contribution in [0.25, 0.3) is 5.57 Å². The number of rotatable bonds is 13. The summed E-state index contributed by atoms with van der Waals surface area (Å²) in [5.41, 5.74) is 2.96. The van der Waals surface area contributed by atoms with Gasteiger partial charge >= 0.3 is 0 Å². The quantitative estimate of drug-likeness (QED) is 0.172. The summed E-state index contributed by atoms with van der Waals surface area (Å²) in [6.45, 7) is 6.04. The Balaban J connectivity index is 2.72. The molecule has 0 amide bonds. The van der Waals surface area contributed by atoms with Crippen molar-refractivity contribution >= 4 is 11.9 Å². The second-order valence-electron chi connectivity index (χ2n) is 6.30. The molecule has 2 nitrogen and oxygen atoms in total. The van der Waals surface area contributed by atoms with Crippen molar-refractivity contribution in [1.29, 1.82) is 0 Å². The van der Waals surface area contributed by atoms with Crippen LogP contribution in [0.1, 0.15) is 74.2 Å². The lowest BCUT2D eigenvalue weighted by molar-refractivity contribution is 0.112. The first-order valence-corrected chi connectivity index (χ1v) is 9.37. The molecule has 0 heterocycles. The summed E-state index contributed by atoms with van der Waals surface area (Å²) in [5.74, 6) is 0.621. The maximum absolute atomic E-state index is 11.4. The fourth-order valence-electron chi connectivity index (χ4n) is 2.81. The third-order valence-corrected chi connectivity index (χ3v) is 4.33. The van der Waals surface area contributed by atoms with Crippen LogP contribution >= 0.6 is 0 Å². The lowest BCUT2D eigenvalue weighted by Crippen LogP contribution is -1.93. The summed E-state index contributed by atoms with van der Waals surface area (Å²) in [4.78, 5) is 11.4. The fraction of sp³-hybridized carbons (Fsp3) is 0.435. The van der Waals surface area contributed by atoms with Crippen molar-refractivity contribution in [3.8, 4) is 0 Å². The van der Waals surface area contributed by atoms with E-state index in [2.05, 4.69) is 19.6 Å². The van der Waals surface area contributed by atoms with E-state index in [1.165, 1.54) is 44.1 Å².